The smallest absolute Gasteiger partial charge is 0.412 e. The third-order valence-electron chi connectivity index (χ3n) is 10.4. The molecule has 6 N–H and O–H groups in total. The maximum absolute atomic E-state index is 12.8. The van der Waals surface area contributed by atoms with E-state index in [4.69, 9.17) is 0 Å². The highest BCUT2D eigenvalue weighted by molar-refractivity contribution is 5.94. The summed E-state index contributed by atoms with van der Waals surface area (Å²) in [7, 11) is 1.97. The summed E-state index contributed by atoms with van der Waals surface area (Å²) in [6.45, 7) is 1.41. The zero-order valence-electron chi connectivity index (χ0n) is 29.7. The lowest BCUT2D eigenvalue weighted by atomic mass is 9.89. The Morgan fingerprint density at radius 3 is 2.55 bits per heavy atom. The Morgan fingerprint density at radius 1 is 0.981 bits per heavy atom. The van der Waals surface area contributed by atoms with E-state index < -0.39 is 12.2 Å². The quantitative estimate of drug-likeness (QED) is 0.0826. The van der Waals surface area contributed by atoms with Crippen LogP contribution in [0.1, 0.15) is 54.9 Å². The molecule has 0 bridgehead atoms. The highest BCUT2D eigenvalue weighted by Gasteiger charge is 2.31. The number of aromatic nitrogens is 4. The number of aryl methyl sites for hydroxylation is 2. The zero-order valence-corrected chi connectivity index (χ0v) is 29.7. The molecule has 2 heterocycles. The summed E-state index contributed by atoms with van der Waals surface area (Å²) < 4.78 is 1.90. The van der Waals surface area contributed by atoms with E-state index >= 15 is 0 Å². The molecule has 12 nitrogen and oxygen atoms in total. The van der Waals surface area contributed by atoms with Crippen LogP contribution in [0.5, 0.6) is 5.75 Å². The van der Waals surface area contributed by atoms with E-state index in [1.165, 1.54) is 12.1 Å². The highest BCUT2D eigenvalue weighted by Crippen LogP contribution is 2.37. The fraction of sp³-hybridized carbons (Fsp3) is 0.317. The number of nitrogens with one attached hydrogen (secondary N) is 3. The number of anilines is 1. The van der Waals surface area contributed by atoms with Gasteiger partial charge in [0.1, 0.15) is 11.3 Å². The molecule has 2 aromatic heterocycles. The lowest BCUT2D eigenvalue weighted by molar-refractivity contribution is 0.176. The van der Waals surface area contributed by atoms with Crippen molar-refractivity contribution in [3.05, 3.63) is 118 Å². The van der Waals surface area contributed by atoms with Crippen LogP contribution in [0, 0.1) is 0 Å². The molecule has 1 aliphatic carbocycles. The number of carboxylic acid groups (broad SMARTS) is 1. The first-order chi connectivity index (χ1) is 25.8. The third kappa shape index (κ3) is 7.95. The van der Waals surface area contributed by atoms with Crippen molar-refractivity contribution in [3.8, 4) is 16.9 Å². The molecule has 0 aliphatic heterocycles. The second-order valence-electron chi connectivity index (χ2n) is 13.8. The lowest BCUT2D eigenvalue weighted by Crippen LogP contribution is -2.44. The van der Waals surface area contributed by atoms with Gasteiger partial charge in [0.05, 0.1) is 22.8 Å². The molecule has 0 unspecified atom stereocenters. The molecule has 0 spiro atoms. The molecule has 1 aliphatic rings. The molecule has 4 aromatic carbocycles. The molecule has 1 atom stereocenters. The fourth-order valence-electron chi connectivity index (χ4n) is 7.61. The molecule has 12 heteroatoms. The number of amides is 1. The summed E-state index contributed by atoms with van der Waals surface area (Å²) >= 11 is 0. The number of hydrogen-bond donors (Lipinski definition) is 6. The maximum Gasteiger partial charge on any atom is 0.412 e. The molecule has 0 saturated heterocycles. The molecule has 7 rings (SSSR count). The summed E-state index contributed by atoms with van der Waals surface area (Å²) in [5.74, 6) is -0.0464. The van der Waals surface area contributed by atoms with Crippen LogP contribution < -0.4 is 21.1 Å². The van der Waals surface area contributed by atoms with Gasteiger partial charge in [-0.05, 0) is 98.2 Å². The number of aromatic amines is 1. The minimum Gasteiger partial charge on any atom is -0.506 e. The highest BCUT2D eigenvalue weighted by atomic mass is 16.4. The first kappa shape index (κ1) is 35.8. The third-order valence-corrected chi connectivity index (χ3v) is 10.4. The van der Waals surface area contributed by atoms with Crippen LogP contribution in [-0.2, 0) is 19.5 Å². The van der Waals surface area contributed by atoms with E-state index in [0.29, 0.717) is 35.6 Å². The Balaban J connectivity index is 1.00. The van der Waals surface area contributed by atoms with E-state index in [1.54, 1.807) is 17.0 Å². The van der Waals surface area contributed by atoms with Gasteiger partial charge in [0.15, 0.2) is 0 Å². The van der Waals surface area contributed by atoms with Crippen molar-refractivity contribution in [2.45, 2.75) is 69.8 Å². The molecule has 6 aromatic rings. The van der Waals surface area contributed by atoms with Crippen molar-refractivity contribution < 1.29 is 20.1 Å². The van der Waals surface area contributed by atoms with Crippen LogP contribution in [0.4, 0.5) is 10.5 Å². The van der Waals surface area contributed by atoms with E-state index in [0.717, 1.165) is 77.5 Å². The fourth-order valence-corrected chi connectivity index (χ4v) is 7.61. The number of aromatic hydroxyl groups is 1. The van der Waals surface area contributed by atoms with Crippen molar-refractivity contribution in [3.63, 3.8) is 0 Å². The number of hydrogen-bond acceptors (Lipinski definition) is 8. The number of aliphatic hydroxyl groups excluding tert-OH is 1. The standard InChI is InChI=1S/C41H45N7O5/c1-42-29-11-13-30(14-12-29)48(41(52)53)36-23-26(9-15-31(36)28-7-3-2-4-8-28)6-5-21-47-35-18-10-27(22-34(35)45-46-47)24-43-25-38(50)32-16-19-37(49)40-33(32)17-20-39(51)44-40/h2-4,7-10,15-20,22-23,29-30,38,42-43,49-50H,5-6,11-14,21,24-25H2,1H3,(H,44,51)(H,52,53)/t29-,30-,38-/m0/s1. The summed E-state index contributed by atoms with van der Waals surface area (Å²) in [5.41, 5.74) is 7.00. The summed E-state index contributed by atoms with van der Waals surface area (Å²) in [6.07, 6.45) is 3.29. The largest absolute Gasteiger partial charge is 0.506 e. The summed E-state index contributed by atoms with van der Waals surface area (Å²) in [4.78, 5) is 28.8. The molecular formula is C41H45N7O5. The number of phenols is 1. The average Bonchev–Trinajstić information content (AvgIpc) is 3.58. The minimum atomic E-state index is -0.920. The number of H-pyrrole nitrogens is 1. The Bertz CT molecular complexity index is 2260. The zero-order chi connectivity index (χ0) is 36.9. The van der Waals surface area contributed by atoms with Crippen molar-refractivity contribution in [2.24, 2.45) is 0 Å². The molecule has 1 fully saturated rings. The Hall–Kier alpha value is -5.56. The van der Waals surface area contributed by atoms with Gasteiger partial charge in [0.25, 0.3) is 0 Å². The van der Waals surface area contributed by atoms with Gasteiger partial charge in [0.2, 0.25) is 5.56 Å². The maximum atomic E-state index is 12.8. The minimum absolute atomic E-state index is 0.0464. The number of carbonyl (C=O) groups is 1. The van der Waals surface area contributed by atoms with Gasteiger partial charge in [-0.25, -0.2) is 9.48 Å². The number of aliphatic hydroxyl groups is 1. The normalized spacial score (nSPS) is 16.6. The van der Waals surface area contributed by atoms with Gasteiger partial charge in [-0.3, -0.25) is 9.69 Å². The van der Waals surface area contributed by atoms with Gasteiger partial charge >= 0.3 is 6.09 Å². The van der Waals surface area contributed by atoms with Gasteiger partial charge in [-0.2, -0.15) is 0 Å². The van der Waals surface area contributed by atoms with Crippen LogP contribution in [-0.4, -0.2) is 67.1 Å². The molecule has 1 amide bonds. The predicted octanol–water partition coefficient (Wildman–Crippen LogP) is 6.12. The molecule has 0 radical (unpaired) electrons. The topological polar surface area (TPSA) is 169 Å². The predicted molar refractivity (Wildman–Crippen MR) is 206 cm³/mol. The van der Waals surface area contributed by atoms with E-state index in [2.05, 4.69) is 44.1 Å². The van der Waals surface area contributed by atoms with E-state index in [1.807, 2.05) is 60.3 Å². The average molecular weight is 716 g/mol. The van der Waals surface area contributed by atoms with Crippen molar-refractivity contribution in [2.75, 3.05) is 18.5 Å². The van der Waals surface area contributed by atoms with E-state index in [9.17, 15) is 24.9 Å². The Kier molecular flexibility index (Phi) is 10.8. The van der Waals surface area contributed by atoms with Gasteiger partial charge < -0.3 is 30.9 Å². The van der Waals surface area contributed by atoms with E-state index in [-0.39, 0.29) is 23.9 Å². The molecule has 53 heavy (non-hydrogen) atoms. The number of benzene rings is 4. The number of nitrogens with zero attached hydrogens (tertiary/aromatic N) is 4. The summed E-state index contributed by atoms with van der Waals surface area (Å²) in [5, 5.41) is 47.7. The van der Waals surface area contributed by atoms with Crippen molar-refractivity contribution in [1.29, 1.82) is 0 Å². The van der Waals surface area contributed by atoms with Crippen molar-refractivity contribution >= 4 is 33.7 Å². The molecular weight excluding hydrogens is 670 g/mol. The number of pyridine rings is 1. The number of fused-ring (bicyclic) bond motifs is 2. The summed E-state index contributed by atoms with van der Waals surface area (Å²) in [6, 6.07) is 28.7. The SMILES string of the molecule is CN[C@H]1CC[C@H](N(C(=O)O)c2cc(CCCn3nnc4cc(CNC[C@H](O)c5ccc(O)c6[nH]c(=O)ccc56)ccc43)ccc2-c2ccccc2)CC1. The molecule has 274 valence electrons. The van der Waals surface area contributed by atoms with Crippen LogP contribution in [0.3, 0.4) is 0 Å². The Labute approximate surface area is 307 Å². The van der Waals surface area contributed by atoms with Crippen LogP contribution >= 0.6 is 0 Å². The van der Waals surface area contributed by atoms with Gasteiger partial charge in [-0.15, -0.1) is 5.10 Å². The van der Waals surface area contributed by atoms with Crippen LogP contribution in [0.25, 0.3) is 33.1 Å². The van der Waals surface area contributed by atoms with Crippen LogP contribution in [0.2, 0.25) is 0 Å². The second kappa shape index (κ2) is 16.0. The second-order valence-corrected chi connectivity index (χ2v) is 13.8. The lowest BCUT2D eigenvalue weighted by Gasteiger charge is -2.36. The van der Waals surface area contributed by atoms with Crippen molar-refractivity contribution in [1.82, 2.24) is 30.6 Å². The first-order valence-corrected chi connectivity index (χ1v) is 18.2. The number of rotatable bonds is 13. The van der Waals surface area contributed by atoms with Gasteiger partial charge in [0, 0.05) is 48.7 Å². The van der Waals surface area contributed by atoms with Gasteiger partial charge in [-0.1, -0.05) is 59.8 Å². The first-order valence-electron chi connectivity index (χ1n) is 18.2. The Morgan fingerprint density at radius 2 is 1.77 bits per heavy atom. The van der Waals surface area contributed by atoms with Crippen LogP contribution in [0.15, 0.2) is 95.8 Å². The molecule has 1 saturated carbocycles. The number of phenolic OH excluding ortho intramolecular Hbond substituents is 1. The monoisotopic (exact) mass is 715 g/mol.